The SMILES string of the molecule is C[C@H](C(=O)O)C(O)c1cc(F)cc(F)c1. The summed E-state index contributed by atoms with van der Waals surface area (Å²) in [6, 6.07) is 2.47. The molecule has 0 heterocycles. The van der Waals surface area contributed by atoms with E-state index in [4.69, 9.17) is 5.11 Å². The summed E-state index contributed by atoms with van der Waals surface area (Å²) in [6.07, 6.45) is -1.42. The number of aliphatic carboxylic acids is 1. The van der Waals surface area contributed by atoms with Crippen molar-refractivity contribution in [3.05, 3.63) is 35.4 Å². The van der Waals surface area contributed by atoms with E-state index < -0.39 is 29.6 Å². The molecule has 0 saturated carbocycles. The first kappa shape index (κ1) is 11.6. The molecule has 0 bridgehead atoms. The Morgan fingerprint density at radius 1 is 1.27 bits per heavy atom. The lowest BCUT2D eigenvalue weighted by Gasteiger charge is -2.15. The third-order valence-electron chi connectivity index (χ3n) is 2.09. The van der Waals surface area contributed by atoms with E-state index in [9.17, 15) is 18.7 Å². The first-order valence-corrected chi connectivity index (χ1v) is 4.28. The van der Waals surface area contributed by atoms with E-state index in [1.807, 2.05) is 0 Å². The number of aliphatic hydroxyl groups is 1. The fourth-order valence-electron chi connectivity index (χ4n) is 1.17. The highest BCUT2D eigenvalue weighted by atomic mass is 19.1. The fourth-order valence-corrected chi connectivity index (χ4v) is 1.17. The molecule has 3 nitrogen and oxygen atoms in total. The van der Waals surface area contributed by atoms with Gasteiger partial charge in [0.15, 0.2) is 0 Å². The molecule has 15 heavy (non-hydrogen) atoms. The smallest absolute Gasteiger partial charge is 0.309 e. The number of carboxylic acids is 1. The Labute approximate surface area is 85.0 Å². The van der Waals surface area contributed by atoms with Crippen molar-refractivity contribution in [1.82, 2.24) is 0 Å². The molecule has 82 valence electrons. The number of aliphatic hydroxyl groups excluding tert-OH is 1. The summed E-state index contributed by atoms with van der Waals surface area (Å²) in [4.78, 5) is 10.5. The van der Waals surface area contributed by atoms with E-state index in [1.54, 1.807) is 0 Å². The molecular formula is C10H10F2O3. The number of hydrogen-bond donors (Lipinski definition) is 2. The Morgan fingerprint density at radius 3 is 2.13 bits per heavy atom. The average molecular weight is 216 g/mol. The number of carboxylic acid groups (broad SMARTS) is 1. The number of benzene rings is 1. The number of halogens is 2. The maximum absolute atomic E-state index is 12.8. The van der Waals surface area contributed by atoms with E-state index in [1.165, 1.54) is 6.92 Å². The Hall–Kier alpha value is -1.49. The predicted octanol–water partition coefficient (Wildman–Crippen LogP) is 1.72. The van der Waals surface area contributed by atoms with Crippen molar-refractivity contribution in [3.63, 3.8) is 0 Å². The second-order valence-electron chi connectivity index (χ2n) is 3.27. The topological polar surface area (TPSA) is 57.5 Å². The molecule has 0 aliphatic heterocycles. The lowest BCUT2D eigenvalue weighted by Crippen LogP contribution is -2.18. The molecule has 5 heteroatoms. The molecule has 0 radical (unpaired) electrons. The molecule has 2 N–H and O–H groups in total. The van der Waals surface area contributed by atoms with Gasteiger partial charge in [0.1, 0.15) is 11.6 Å². The summed E-state index contributed by atoms with van der Waals surface area (Å²) in [5.41, 5.74) is -0.0811. The molecule has 1 aromatic rings. The average Bonchev–Trinajstić information content (AvgIpc) is 2.13. The molecular weight excluding hydrogens is 206 g/mol. The van der Waals surface area contributed by atoms with Gasteiger partial charge in [-0.25, -0.2) is 8.78 Å². The van der Waals surface area contributed by atoms with Crippen molar-refractivity contribution in [1.29, 1.82) is 0 Å². The minimum atomic E-state index is -1.42. The van der Waals surface area contributed by atoms with Gasteiger partial charge < -0.3 is 10.2 Å². The molecule has 0 spiro atoms. The van der Waals surface area contributed by atoms with Crippen LogP contribution in [0, 0.1) is 17.6 Å². The van der Waals surface area contributed by atoms with E-state index in [0.29, 0.717) is 6.07 Å². The highest BCUT2D eigenvalue weighted by Crippen LogP contribution is 2.23. The molecule has 1 aromatic carbocycles. The van der Waals surface area contributed by atoms with E-state index >= 15 is 0 Å². The molecule has 0 aliphatic rings. The van der Waals surface area contributed by atoms with Crippen molar-refractivity contribution < 1.29 is 23.8 Å². The van der Waals surface area contributed by atoms with Crippen molar-refractivity contribution in [3.8, 4) is 0 Å². The van der Waals surface area contributed by atoms with Gasteiger partial charge >= 0.3 is 5.97 Å². The van der Waals surface area contributed by atoms with Crippen LogP contribution in [0.1, 0.15) is 18.6 Å². The maximum Gasteiger partial charge on any atom is 0.309 e. The maximum atomic E-state index is 12.8. The zero-order valence-corrected chi connectivity index (χ0v) is 7.95. The van der Waals surface area contributed by atoms with Crippen molar-refractivity contribution in [2.45, 2.75) is 13.0 Å². The summed E-state index contributed by atoms with van der Waals surface area (Å²) >= 11 is 0. The molecule has 1 rings (SSSR count). The Bertz CT molecular complexity index is 359. The van der Waals surface area contributed by atoms with Gasteiger partial charge in [-0.3, -0.25) is 4.79 Å². The number of carbonyl (C=O) groups is 1. The monoisotopic (exact) mass is 216 g/mol. The lowest BCUT2D eigenvalue weighted by atomic mass is 9.97. The molecule has 0 saturated heterocycles. The van der Waals surface area contributed by atoms with Gasteiger partial charge in [0, 0.05) is 6.07 Å². The van der Waals surface area contributed by atoms with Crippen LogP contribution in [-0.2, 0) is 4.79 Å². The Morgan fingerprint density at radius 2 is 1.73 bits per heavy atom. The van der Waals surface area contributed by atoms with Crippen LogP contribution in [0.3, 0.4) is 0 Å². The molecule has 0 amide bonds. The van der Waals surface area contributed by atoms with Crippen LogP contribution >= 0.6 is 0 Å². The number of rotatable bonds is 3. The first-order chi connectivity index (χ1) is 6.91. The standard InChI is InChI=1S/C10H10F2O3/c1-5(10(14)15)9(13)6-2-7(11)4-8(12)3-6/h2-5,9,13H,1H3,(H,14,15)/t5-,9?/m0/s1. The molecule has 1 unspecified atom stereocenters. The van der Waals surface area contributed by atoms with Crippen LogP contribution in [0.5, 0.6) is 0 Å². The summed E-state index contributed by atoms with van der Waals surface area (Å²) in [7, 11) is 0. The third-order valence-corrected chi connectivity index (χ3v) is 2.09. The van der Waals surface area contributed by atoms with Crippen molar-refractivity contribution >= 4 is 5.97 Å². The summed E-state index contributed by atoms with van der Waals surface area (Å²) in [5, 5.41) is 18.1. The summed E-state index contributed by atoms with van der Waals surface area (Å²) < 4.78 is 25.5. The van der Waals surface area contributed by atoms with Gasteiger partial charge in [-0.2, -0.15) is 0 Å². The zero-order valence-electron chi connectivity index (χ0n) is 7.95. The van der Waals surface area contributed by atoms with E-state index in [-0.39, 0.29) is 5.56 Å². The Balaban J connectivity index is 3.00. The normalized spacial score (nSPS) is 14.7. The van der Waals surface area contributed by atoms with Crippen molar-refractivity contribution in [2.24, 2.45) is 5.92 Å². The van der Waals surface area contributed by atoms with Gasteiger partial charge in [-0.1, -0.05) is 0 Å². The second-order valence-corrected chi connectivity index (χ2v) is 3.27. The highest BCUT2D eigenvalue weighted by molar-refractivity contribution is 5.70. The van der Waals surface area contributed by atoms with E-state index in [0.717, 1.165) is 12.1 Å². The highest BCUT2D eigenvalue weighted by Gasteiger charge is 2.23. The van der Waals surface area contributed by atoms with Crippen LogP contribution in [0.25, 0.3) is 0 Å². The van der Waals surface area contributed by atoms with Crippen LogP contribution in [-0.4, -0.2) is 16.2 Å². The lowest BCUT2D eigenvalue weighted by molar-refractivity contribution is -0.145. The van der Waals surface area contributed by atoms with Crippen LogP contribution in [0.4, 0.5) is 8.78 Å². The largest absolute Gasteiger partial charge is 0.481 e. The van der Waals surface area contributed by atoms with Gasteiger partial charge in [0.25, 0.3) is 0 Å². The Kier molecular flexibility index (Phi) is 3.36. The predicted molar refractivity (Wildman–Crippen MR) is 48.1 cm³/mol. The first-order valence-electron chi connectivity index (χ1n) is 4.28. The van der Waals surface area contributed by atoms with Gasteiger partial charge in [0.05, 0.1) is 12.0 Å². The van der Waals surface area contributed by atoms with Crippen LogP contribution in [0.2, 0.25) is 0 Å². The molecule has 2 atom stereocenters. The second kappa shape index (κ2) is 4.35. The van der Waals surface area contributed by atoms with E-state index in [2.05, 4.69) is 0 Å². The van der Waals surface area contributed by atoms with Crippen LogP contribution in [0.15, 0.2) is 18.2 Å². The summed E-state index contributed by atoms with van der Waals surface area (Å²) in [6.45, 7) is 1.26. The van der Waals surface area contributed by atoms with Gasteiger partial charge in [-0.05, 0) is 24.6 Å². The van der Waals surface area contributed by atoms with Crippen molar-refractivity contribution in [2.75, 3.05) is 0 Å². The summed E-state index contributed by atoms with van der Waals surface area (Å²) in [5.74, 6) is -4.04. The molecule has 0 aromatic heterocycles. The van der Waals surface area contributed by atoms with Crippen LogP contribution < -0.4 is 0 Å². The molecule has 0 aliphatic carbocycles. The van der Waals surface area contributed by atoms with Gasteiger partial charge in [-0.15, -0.1) is 0 Å². The minimum Gasteiger partial charge on any atom is -0.481 e. The minimum absolute atomic E-state index is 0.0811. The zero-order chi connectivity index (χ0) is 11.6. The molecule has 0 fully saturated rings. The van der Waals surface area contributed by atoms with Gasteiger partial charge in [0.2, 0.25) is 0 Å². The quantitative estimate of drug-likeness (QED) is 0.808. The third kappa shape index (κ3) is 2.73. The fraction of sp³-hybridized carbons (Fsp3) is 0.300. The number of hydrogen-bond acceptors (Lipinski definition) is 2.